The Morgan fingerprint density at radius 1 is 1.18 bits per heavy atom. The number of carbonyl (C=O) groups is 2. The predicted molar refractivity (Wildman–Crippen MR) is 134 cm³/mol. The molecule has 0 aromatic heterocycles. The van der Waals surface area contributed by atoms with Crippen molar-refractivity contribution in [2.45, 2.75) is 89.8 Å². The van der Waals surface area contributed by atoms with Crippen LogP contribution in [0, 0.1) is 35.0 Å². The molecule has 34 heavy (non-hydrogen) atoms. The fourth-order valence-corrected chi connectivity index (χ4v) is 5.29. The number of carboxylic acids is 1. The van der Waals surface area contributed by atoms with Gasteiger partial charge >= 0.3 is 11.9 Å². The van der Waals surface area contributed by atoms with Gasteiger partial charge in [-0.2, -0.15) is 17.0 Å². The van der Waals surface area contributed by atoms with Gasteiger partial charge in [-0.25, -0.2) is 0 Å². The van der Waals surface area contributed by atoms with Crippen molar-refractivity contribution in [1.29, 1.82) is 5.26 Å². The van der Waals surface area contributed by atoms with Crippen LogP contribution in [0.5, 0.6) is 0 Å². The van der Waals surface area contributed by atoms with Crippen LogP contribution in [0.1, 0.15) is 66.2 Å². The van der Waals surface area contributed by atoms with E-state index < -0.39 is 35.5 Å². The van der Waals surface area contributed by atoms with Gasteiger partial charge in [-0.15, -0.1) is 0 Å². The molecule has 0 bridgehead atoms. The maximum Gasteiger partial charge on any atom is 0.316 e. The minimum atomic E-state index is -0.979. The zero-order chi connectivity index (χ0) is 25.8. The molecular weight excluding hydrogens is 454 g/mol. The van der Waals surface area contributed by atoms with Gasteiger partial charge in [-0.05, 0) is 55.3 Å². The van der Waals surface area contributed by atoms with Crippen molar-refractivity contribution in [2.75, 3.05) is 6.26 Å². The lowest BCUT2D eigenvalue weighted by molar-refractivity contribution is -0.153. The van der Waals surface area contributed by atoms with Crippen molar-refractivity contribution < 1.29 is 29.6 Å². The number of aliphatic hydroxyl groups is 2. The highest BCUT2D eigenvalue weighted by Gasteiger charge is 2.27. The van der Waals surface area contributed by atoms with Crippen LogP contribution in [0.2, 0.25) is 0 Å². The lowest BCUT2D eigenvalue weighted by Gasteiger charge is -2.27. The Labute approximate surface area is 208 Å². The van der Waals surface area contributed by atoms with E-state index >= 15 is 0 Å². The Balaban J connectivity index is 3.16. The normalized spacial score (nSPS) is 36.0. The van der Waals surface area contributed by atoms with Gasteiger partial charge in [0.1, 0.15) is 11.4 Å². The van der Waals surface area contributed by atoms with Gasteiger partial charge in [0.05, 0.1) is 30.3 Å². The smallest absolute Gasteiger partial charge is 0.316 e. The molecular formula is C26H41NO6S. The van der Waals surface area contributed by atoms with E-state index in [-0.39, 0.29) is 36.7 Å². The van der Waals surface area contributed by atoms with E-state index in [9.17, 15) is 30.2 Å². The standard InChI is InChI=1S/C26H41NO6S/c1-16-10-17(2)12-19(4)25(30)20(15-27)8-6-7-9-21(13-23(34-5)26(31)32)33-24(29)14-22(28)18(3)11-16/h6-8,16-19,21-23,25,28,30H,9-14H2,1-5H3,(H,31,32)/b7-6+,20-8-/t16-,17+,18-,19-,21-,22-,23+,25+/m0/s1. The molecule has 8 atom stereocenters. The number of aliphatic hydroxyl groups excluding tert-OH is 2. The van der Waals surface area contributed by atoms with Gasteiger partial charge in [0, 0.05) is 12.8 Å². The molecule has 3 N–H and O–H groups in total. The largest absolute Gasteiger partial charge is 0.480 e. The summed E-state index contributed by atoms with van der Waals surface area (Å²) in [5.41, 5.74) is 0.267. The van der Waals surface area contributed by atoms with E-state index in [1.165, 1.54) is 11.8 Å². The van der Waals surface area contributed by atoms with Crippen LogP contribution in [0.15, 0.2) is 23.8 Å². The Kier molecular flexibility index (Phi) is 13.5. The van der Waals surface area contributed by atoms with Crippen LogP contribution in [-0.2, 0) is 14.3 Å². The molecule has 7 nitrogen and oxygen atoms in total. The molecule has 0 unspecified atom stereocenters. The summed E-state index contributed by atoms with van der Waals surface area (Å²) in [5, 5.41) is 39.5. The van der Waals surface area contributed by atoms with Gasteiger partial charge in [0.15, 0.2) is 0 Å². The average molecular weight is 496 g/mol. The number of aliphatic carboxylic acids is 1. The van der Waals surface area contributed by atoms with Crippen LogP contribution in [0.25, 0.3) is 0 Å². The SMILES string of the molecule is CS[C@H](C[C@@H]1C/C=C/C=C(/C#N)[C@H](O)[C@@H](C)C[C@H](C)C[C@H](C)C[C@H](C)[C@@H](O)CC(=O)O1)C(=O)O. The molecule has 0 aromatic rings. The summed E-state index contributed by atoms with van der Waals surface area (Å²) in [6.45, 7) is 8.11. The minimum Gasteiger partial charge on any atom is -0.480 e. The Morgan fingerprint density at radius 2 is 1.79 bits per heavy atom. The van der Waals surface area contributed by atoms with E-state index in [1.54, 1.807) is 24.5 Å². The van der Waals surface area contributed by atoms with Crippen LogP contribution >= 0.6 is 11.8 Å². The third-order valence-corrected chi connectivity index (χ3v) is 7.48. The summed E-state index contributed by atoms with van der Waals surface area (Å²) in [5.74, 6) is -1.06. The molecule has 0 radical (unpaired) electrons. The van der Waals surface area contributed by atoms with Gasteiger partial charge < -0.3 is 20.1 Å². The lowest BCUT2D eigenvalue weighted by atomic mass is 9.82. The van der Waals surface area contributed by atoms with Crippen molar-refractivity contribution in [3.63, 3.8) is 0 Å². The summed E-state index contributed by atoms with van der Waals surface area (Å²) >= 11 is 1.17. The maximum absolute atomic E-state index is 12.5. The lowest BCUT2D eigenvalue weighted by Crippen LogP contribution is -2.30. The van der Waals surface area contributed by atoms with Crippen molar-refractivity contribution in [3.05, 3.63) is 23.8 Å². The van der Waals surface area contributed by atoms with Gasteiger partial charge in [-0.1, -0.05) is 39.8 Å². The Bertz CT molecular complexity index is 761. The first-order chi connectivity index (χ1) is 16.0. The number of esters is 1. The number of carbonyl (C=O) groups excluding carboxylic acids is 1. The van der Waals surface area contributed by atoms with Crippen LogP contribution in [0.4, 0.5) is 0 Å². The first-order valence-corrected chi connectivity index (χ1v) is 13.3. The first-order valence-electron chi connectivity index (χ1n) is 12.1. The molecule has 1 heterocycles. The fourth-order valence-electron chi connectivity index (χ4n) is 4.68. The summed E-state index contributed by atoms with van der Waals surface area (Å²) in [6.07, 6.45) is 6.88. The summed E-state index contributed by atoms with van der Waals surface area (Å²) in [7, 11) is 0. The number of hydrogen-bond acceptors (Lipinski definition) is 7. The fraction of sp³-hybridized carbons (Fsp3) is 0.731. The first kappa shape index (κ1) is 30.2. The van der Waals surface area contributed by atoms with Gasteiger partial charge in [0.25, 0.3) is 0 Å². The van der Waals surface area contributed by atoms with Gasteiger partial charge in [0.2, 0.25) is 0 Å². The van der Waals surface area contributed by atoms with Crippen LogP contribution in [0.3, 0.4) is 0 Å². The zero-order valence-corrected chi connectivity index (χ0v) is 21.8. The third kappa shape index (κ3) is 10.6. The molecule has 0 amide bonds. The zero-order valence-electron chi connectivity index (χ0n) is 21.0. The highest BCUT2D eigenvalue weighted by Crippen LogP contribution is 2.29. The maximum atomic E-state index is 12.5. The average Bonchev–Trinajstić information content (AvgIpc) is 2.75. The predicted octanol–water partition coefficient (Wildman–Crippen LogP) is 4.34. The summed E-state index contributed by atoms with van der Waals surface area (Å²) < 4.78 is 5.57. The number of ether oxygens (including phenoxy) is 1. The van der Waals surface area contributed by atoms with Crippen molar-refractivity contribution in [1.82, 2.24) is 0 Å². The second-order valence-electron chi connectivity index (χ2n) is 9.90. The van der Waals surface area contributed by atoms with Crippen LogP contribution < -0.4 is 0 Å². The quantitative estimate of drug-likeness (QED) is 0.491. The number of nitrogens with zero attached hydrogens (tertiary/aromatic N) is 1. The number of rotatable bonds is 4. The highest BCUT2D eigenvalue weighted by molar-refractivity contribution is 7.99. The third-order valence-electron chi connectivity index (χ3n) is 6.52. The molecule has 0 spiro atoms. The highest BCUT2D eigenvalue weighted by atomic mass is 32.2. The second kappa shape index (κ2) is 15.2. The number of thioether (sulfide) groups is 1. The molecule has 1 aliphatic rings. The molecule has 8 heteroatoms. The molecule has 0 aromatic carbocycles. The molecule has 192 valence electrons. The topological polar surface area (TPSA) is 128 Å². The van der Waals surface area contributed by atoms with E-state index in [0.717, 1.165) is 19.3 Å². The minimum absolute atomic E-state index is 0.0880. The Morgan fingerprint density at radius 3 is 2.35 bits per heavy atom. The van der Waals surface area contributed by atoms with Gasteiger partial charge in [-0.3, -0.25) is 9.59 Å². The summed E-state index contributed by atoms with van der Waals surface area (Å²) in [4.78, 5) is 24.0. The Hall–Kier alpha value is -1.82. The van der Waals surface area contributed by atoms with E-state index in [4.69, 9.17) is 4.74 Å². The van der Waals surface area contributed by atoms with Crippen molar-refractivity contribution in [3.8, 4) is 6.07 Å². The molecule has 0 saturated heterocycles. The van der Waals surface area contributed by atoms with E-state index in [0.29, 0.717) is 11.8 Å². The molecule has 1 aliphatic heterocycles. The summed E-state index contributed by atoms with van der Waals surface area (Å²) in [6, 6.07) is 2.08. The number of hydrogen-bond donors (Lipinski definition) is 3. The molecule has 0 saturated carbocycles. The van der Waals surface area contributed by atoms with Crippen molar-refractivity contribution in [2.24, 2.45) is 23.7 Å². The second-order valence-corrected chi connectivity index (χ2v) is 10.9. The number of nitriles is 1. The van der Waals surface area contributed by atoms with E-state index in [2.05, 4.69) is 19.9 Å². The monoisotopic (exact) mass is 495 g/mol. The van der Waals surface area contributed by atoms with E-state index in [1.807, 2.05) is 13.8 Å². The number of allylic oxidation sites excluding steroid dienone is 2. The molecule has 0 aliphatic carbocycles. The molecule has 0 fully saturated rings. The van der Waals surface area contributed by atoms with Crippen LogP contribution in [-0.4, -0.2) is 57.1 Å². The number of carboxylic acid groups (broad SMARTS) is 1. The van der Waals surface area contributed by atoms with Crippen molar-refractivity contribution >= 4 is 23.7 Å². The molecule has 1 rings (SSSR count). The number of cyclic esters (lactones) is 1.